The van der Waals surface area contributed by atoms with Crippen LogP contribution in [-0.2, 0) is 9.53 Å². The van der Waals surface area contributed by atoms with Crippen LogP contribution in [-0.4, -0.2) is 23.8 Å². The maximum Gasteiger partial charge on any atom is 0.351 e. The molecular weight excluding hydrogens is 232 g/mol. The van der Waals surface area contributed by atoms with Crippen molar-refractivity contribution in [3.8, 4) is 11.5 Å². The van der Waals surface area contributed by atoms with Gasteiger partial charge in [0.15, 0.2) is 11.5 Å². The quantitative estimate of drug-likeness (QED) is 0.718. The Bertz CT molecular complexity index is 447. The molecule has 18 heavy (non-hydrogen) atoms. The lowest BCUT2D eigenvalue weighted by Crippen LogP contribution is -2.46. The Morgan fingerprint density at radius 3 is 2.28 bits per heavy atom. The Balaban J connectivity index is 2.14. The van der Waals surface area contributed by atoms with E-state index in [0.29, 0.717) is 11.5 Å². The van der Waals surface area contributed by atoms with E-state index in [1.54, 1.807) is 13.0 Å². The number of hydrogen-bond acceptors (Lipinski definition) is 4. The van der Waals surface area contributed by atoms with E-state index in [2.05, 4.69) is 0 Å². The summed E-state index contributed by atoms with van der Waals surface area (Å²) in [5.74, 6) is 0.834. The summed E-state index contributed by atoms with van der Waals surface area (Å²) in [6.45, 7) is 7.28. The first kappa shape index (κ1) is 12.7. The zero-order valence-electron chi connectivity index (χ0n) is 11.1. The minimum absolute atomic E-state index is 0.366. The fourth-order valence-electron chi connectivity index (χ4n) is 1.74. The van der Waals surface area contributed by atoms with Gasteiger partial charge in [-0.3, -0.25) is 0 Å². The second-order valence-corrected chi connectivity index (χ2v) is 5.34. The summed E-state index contributed by atoms with van der Waals surface area (Å²) >= 11 is 0. The van der Waals surface area contributed by atoms with Gasteiger partial charge in [-0.1, -0.05) is 12.1 Å². The Hall–Kier alpha value is -1.71. The van der Waals surface area contributed by atoms with Crippen molar-refractivity contribution in [3.63, 3.8) is 0 Å². The van der Waals surface area contributed by atoms with Crippen LogP contribution < -0.4 is 9.47 Å². The van der Waals surface area contributed by atoms with E-state index in [-0.39, 0.29) is 6.10 Å². The predicted octanol–water partition coefficient (Wildman–Crippen LogP) is 2.56. The summed E-state index contributed by atoms with van der Waals surface area (Å²) in [5, 5.41) is 0. The number of hydrogen-bond donors (Lipinski definition) is 0. The topological polar surface area (TPSA) is 44.8 Å². The first-order chi connectivity index (χ1) is 8.37. The number of ether oxygens (including phenoxy) is 3. The van der Waals surface area contributed by atoms with Crippen LogP contribution in [0.2, 0.25) is 0 Å². The molecule has 4 heteroatoms. The molecule has 1 aromatic carbocycles. The average molecular weight is 250 g/mol. The number of fused-ring (bicyclic) bond motifs is 1. The second kappa shape index (κ2) is 4.52. The Morgan fingerprint density at radius 2 is 1.72 bits per heavy atom. The van der Waals surface area contributed by atoms with Gasteiger partial charge in [0.1, 0.15) is 11.7 Å². The number of benzene rings is 1. The molecule has 0 aromatic heterocycles. The highest BCUT2D eigenvalue weighted by Crippen LogP contribution is 2.34. The van der Waals surface area contributed by atoms with Gasteiger partial charge in [0.25, 0.3) is 0 Å². The van der Waals surface area contributed by atoms with Gasteiger partial charge in [-0.05, 0) is 39.8 Å². The molecule has 1 aromatic rings. The van der Waals surface area contributed by atoms with Crippen molar-refractivity contribution in [1.29, 1.82) is 0 Å². The van der Waals surface area contributed by atoms with Gasteiger partial charge in [0, 0.05) is 0 Å². The van der Waals surface area contributed by atoms with Gasteiger partial charge >= 0.3 is 5.97 Å². The summed E-state index contributed by atoms with van der Waals surface area (Å²) in [4.78, 5) is 12.0. The predicted molar refractivity (Wildman–Crippen MR) is 66.8 cm³/mol. The number of esters is 1. The first-order valence-corrected chi connectivity index (χ1v) is 6.02. The van der Waals surface area contributed by atoms with Crippen LogP contribution in [0.1, 0.15) is 27.7 Å². The lowest BCUT2D eigenvalue weighted by atomic mass is 10.1. The van der Waals surface area contributed by atoms with Crippen LogP contribution in [0.5, 0.6) is 11.5 Å². The van der Waals surface area contributed by atoms with Crippen LogP contribution in [0.15, 0.2) is 24.3 Å². The highest BCUT2D eigenvalue weighted by Gasteiger charge is 2.37. The van der Waals surface area contributed by atoms with E-state index < -0.39 is 17.7 Å². The molecule has 2 unspecified atom stereocenters. The van der Waals surface area contributed by atoms with Crippen molar-refractivity contribution in [1.82, 2.24) is 0 Å². The van der Waals surface area contributed by atoms with Crippen molar-refractivity contribution in [2.24, 2.45) is 0 Å². The molecule has 2 rings (SSSR count). The molecule has 0 spiro atoms. The molecule has 0 saturated heterocycles. The second-order valence-electron chi connectivity index (χ2n) is 5.34. The summed E-state index contributed by atoms with van der Waals surface area (Å²) in [7, 11) is 0. The van der Waals surface area contributed by atoms with Crippen molar-refractivity contribution >= 4 is 5.97 Å². The van der Waals surface area contributed by atoms with Gasteiger partial charge in [0.05, 0.1) is 0 Å². The van der Waals surface area contributed by atoms with Gasteiger partial charge < -0.3 is 14.2 Å². The van der Waals surface area contributed by atoms with Crippen LogP contribution in [0.3, 0.4) is 0 Å². The standard InChI is InChI=1S/C14H18O4/c1-9-12(13(15)18-14(2,3)4)17-11-8-6-5-7-10(11)16-9/h5-9,12H,1-4H3. The van der Waals surface area contributed by atoms with Crippen LogP contribution >= 0.6 is 0 Å². The van der Waals surface area contributed by atoms with Crippen molar-refractivity contribution in [2.45, 2.75) is 45.5 Å². The van der Waals surface area contributed by atoms with E-state index in [0.717, 1.165) is 0 Å². The third-order valence-corrected chi connectivity index (χ3v) is 2.48. The van der Waals surface area contributed by atoms with Gasteiger partial charge in [-0.2, -0.15) is 0 Å². The fourth-order valence-corrected chi connectivity index (χ4v) is 1.74. The molecule has 0 saturated carbocycles. The molecule has 0 radical (unpaired) electrons. The molecule has 4 nitrogen and oxygen atoms in total. The van der Waals surface area contributed by atoms with Gasteiger partial charge in [-0.15, -0.1) is 0 Å². The molecule has 0 N–H and O–H groups in total. The lowest BCUT2D eigenvalue weighted by Gasteiger charge is -2.32. The van der Waals surface area contributed by atoms with Crippen molar-refractivity contribution < 1.29 is 19.0 Å². The lowest BCUT2D eigenvalue weighted by molar-refractivity contribution is -0.169. The molecule has 0 fully saturated rings. The summed E-state index contributed by atoms with van der Waals surface area (Å²) in [6, 6.07) is 7.29. The third kappa shape index (κ3) is 2.75. The number of carbonyl (C=O) groups excluding carboxylic acids is 1. The average Bonchev–Trinajstić information content (AvgIpc) is 2.25. The summed E-state index contributed by atoms with van der Waals surface area (Å²) in [6.07, 6.45) is -1.09. The van der Waals surface area contributed by atoms with Crippen LogP contribution in [0.25, 0.3) is 0 Å². The molecule has 0 amide bonds. The molecule has 1 aliphatic rings. The van der Waals surface area contributed by atoms with E-state index in [9.17, 15) is 4.79 Å². The highest BCUT2D eigenvalue weighted by atomic mass is 16.6. The van der Waals surface area contributed by atoms with Gasteiger partial charge in [0.2, 0.25) is 6.10 Å². The highest BCUT2D eigenvalue weighted by molar-refractivity contribution is 5.77. The molecule has 1 aliphatic heterocycles. The maximum atomic E-state index is 12.0. The molecule has 0 aliphatic carbocycles. The Kier molecular flexibility index (Phi) is 3.20. The largest absolute Gasteiger partial charge is 0.482 e. The van der Waals surface area contributed by atoms with Crippen LogP contribution in [0, 0.1) is 0 Å². The molecular formula is C14H18O4. The molecule has 98 valence electrons. The third-order valence-electron chi connectivity index (χ3n) is 2.48. The van der Waals surface area contributed by atoms with Crippen molar-refractivity contribution in [3.05, 3.63) is 24.3 Å². The Labute approximate surface area is 107 Å². The van der Waals surface area contributed by atoms with E-state index >= 15 is 0 Å². The molecule has 0 bridgehead atoms. The zero-order chi connectivity index (χ0) is 13.3. The van der Waals surface area contributed by atoms with Crippen LogP contribution in [0.4, 0.5) is 0 Å². The smallest absolute Gasteiger partial charge is 0.351 e. The zero-order valence-corrected chi connectivity index (χ0v) is 11.1. The Morgan fingerprint density at radius 1 is 1.17 bits per heavy atom. The van der Waals surface area contributed by atoms with Gasteiger partial charge in [-0.25, -0.2) is 4.79 Å². The van der Waals surface area contributed by atoms with E-state index in [1.165, 1.54) is 0 Å². The minimum atomic E-state index is -0.723. The maximum absolute atomic E-state index is 12.0. The number of rotatable bonds is 1. The summed E-state index contributed by atoms with van der Waals surface area (Å²) < 4.78 is 16.6. The van der Waals surface area contributed by atoms with E-state index in [1.807, 2.05) is 39.0 Å². The minimum Gasteiger partial charge on any atom is -0.482 e. The summed E-state index contributed by atoms with van der Waals surface area (Å²) in [5.41, 5.74) is -0.531. The van der Waals surface area contributed by atoms with Crippen molar-refractivity contribution in [2.75, 3.05) is 0 Å². The first-order valence-electron chi connectivity index (χ1n) is 6.02. The number of para-hydroxylation sites is 2. The van der Waals surface area contributed by atoms with E-state index in [4.69, 9.17) is 14.2 Å². The molecule has 1 heterocycles. The fraction of sp³-hybridized carbons (Fsp3) is 0.500. The normalized spacial score (nSPS) is 22.4. The monoisotopic (exact) mass is 250 g/mol. The molecule has 2 atom stereocenters. The number of carbonyl (C=O) groups is 1. The SMILES string of the molecule is CC1Oc2ccccc2OC1C(=O)OC(C)(C)C.